The van der Waals surface area contributed by atoms with Crippen molar-refractivity contribution in [3.63, 3.8) is 0 Å². The van der Waals surface area contributed by atoms with Crippen LogP contribution in [0.2, 0.25) is 10.0 Å². The molecular formula is C31H35Cl2N3O4S. The number of hydrogen-bond acceptors (Lipinski definition) is 4. The monoisotopic (exact) mass is 615 g/mol. The SMILES string of the molecule is Cc1ccc(S(=O)(=O)N(CC(=O)N(Cc2ccc(Cl)cc2Cl)C(C)C(=O)NC2CCCCC2)c2ccccc2)cc1. The van der Waals surface area contributed by atoms with Crippen molar-refractivity contribution in [1.82, 2.24) is 10.2 Å². The summed E-state index contributed by atoms with van der Waals surface area (Å²) in [5, 5.41) is 3.88. The van der Waals surface area contributed by atoms with Crippen molar-refractivity contribution in [2.75, 3.05) is 10.8 Å². The average Bonchev–Trinajstić information content (AvgIpc) is 2.96. The van der Waals surface area contributed by atoms with Gasteiger partial charge in [0, 0.05) is 22.6 Å². The summed E-state index contributed by atoms with van der Waals surface area (Å²) in [4.78, 5) is 28.9. The first-order valence-corrected chi connectivity index (χ1v) is 15.9. The van der Waals surface area contributed by atoms with Crippen LogP contribution in [0.5, 0.6) is 0 Å². The summed E-state index contributed by atoms with van der Waals surface area (Å²) in [6, 6.07) is 19.1. The van der Waals surface area contributed by atoms with Crippen LogP contribution in [0.4, 0.5) is 5.69 Å². The van der Waals surface area contributed by atoms with Gasteiger partial charge in [0.15, 0.2) is 0 Å². The second-order valence-electron chi connectivity index (χ2n) is 10.4. The summed E-state index contributed by atoms with van der Waals surface area (Å²) >= 11 is 12.5. The molecule has 1 fully saturated rings. The number of carbonyl (C=O) groups is 2. The van der Waals surface area contributed by atoms with E-state index < -0.39 is 28.5 Å². The number of sulfonamides is 1. The molecule has 1 atom stereocenters. The Hall–Kier alpha value is -3.07. The highest BCUT2D eigenvalue weighted by atomic mass is 35.5. The van der Waals surface area contributed by atoms with E-state index in [1.165, 1.54) is 17.0 Å². The number of halogens is 2. The average molecular weight is 617 g/mol. The van der Waals surface area contributed by atoms with E-state index >= 15 is 0 Å². The molecule has 0 saturated heterocycles. The molecule has 1 aliphatic carbocycles. The quantitative estimate of drug-likeness (QED) is 0.287. The highest BCUT2D eigenvalue weighted by Gasteiger charge is 2.33. The van der Waals surface area contributed by atoms with Gasteiger partial charge in [-0.1, -0.05) is 84.4 Å². The van der Waals surface area contributed by atoms with Gasteiger partial charge in [-0.25, -0.2) is 8.42 Å². The zero-order valence-corrected chi connectivity index (χ0v) is 25.6. The largest absolute Gasteiger partial charge is 0.352 e. The van der Waals surface area contributed by atoms with Crippen molar-refractivity contribution < 1.29 is 18.0 Å². The van der Waals surface area contributed by atoms with Crippen LogP contribution >= 0.6 is 23.2 Å². The second-order valence-corrected chi connectivity index (χ2v) is 13.1. The van der Waals surface area contributed by atoms with Gasteiger partial charge in [-0.3, -0.25) is 13.9 Å². The number of hydrogen-bond donors (Lipinski definition) is 1. The number of aryl methyl sites for hydroxylation is 1. The third-order valence-corrected chi connectivity index (χ3v) is 9.78. The highest BCUT2D eigenvalue weighted by Crippen LogP contribution is 2.27. The fourth-order valence-electron chi connectivity index (χ4n) is 4.95. The van der Waals surface area contributed by atoms with Crippen LogP contribution in [0.1, 0.15) is 50.2 Å². The molecule has 0 heterocycles. The number of carbonyl (C=O) groups excluding carboxylic acids is 2. The lowest BCUT2D eigenvalue weighted by molar-refractivity contribution is -0.139. The van der Waals surface area contributed by atoms with E-state index in [-0.39, 0.29) is 23.4 Å². The Balaban J connectivity index is 1.67. The van der Waals surface area contributed by atoms with Gasteiger partial charge in [-0.05, 0) is 68.7 Å². The molecule has 2 amide bonds. The fourth-order valence-corrected chi connectivity index (χ4v) is 6.83. The van der Waals surface area contributed by atoms with E-state index in [1.54, 1.807) is 67.6 Å². The number of nitrogens with one attached hydrogen (secondary N) is 1. The molecule has 10 heteroatoms. The Bertz CT molecular complexity index is 1460. The third kappa shape index (κ3) is 7.82. The standard InChI is InChI=1S/C31H35Cl2N3O4S/c1-22-13-17-28(18-14-22)41(39,40)36(27-11-7-4-8-12-27)21-30(37)35(20-24-15-16-25(32)19-29(24)33)23(2)31(38)34-26-9-5-3-6-10-26/h4,7-8,11-19,23,26H,3,5-6,9-10,20-21H2,1-2H3,(H,34,38). The minimum Gasteiger partial charge on any atom is -0.352 e. The van der Waals surface area contributed by atoms with Crippen molar-refractivity contribution in [2.24, 2.45) is 0 Å². The van der Waals surface area contributed by atoms with Crippen molar-refractivity contribution in [3.05, 3.63) is 94.0 Å². The smallest absolute Gasteiger partial charge is 0.264 e. The normalized spacial score (nSPS) is 14.7. The van der Waals surface area contributed by atoms with Crippen molar-refractivity contribution >= 4 is 50.7 Å². The summed E-state index contributed by atoms with van der Waals surface area (Å²) in [6.45, 7) is 3.02. The lowest BCUT2D eigenvalue weighted by atomic mass is 9.95. The second kappa shape index (κ2) is 13.7. The van der Waals surface area contributed by atoms with Gasteiger partial charge < -0.3 is 10.2 Å². The Morgan fingerprint density at radius 2 is 1.61 bits per heavy atom. The Morgan fingerprint density at radius 3 is 2.24 bits per heavy atom. The van der Waals surface area contributed by atoms with Crippen LogP contribution in [0.25, 0.3) is 0 Å². The van der Waals surface area contributed by atoms with Gasteiger partial charge in [-0.15, -0.1) is 0 Å². The number of nitrogens with zero attached hydrogens (tertiary/aromatic N) is 2. The molecule has 0 bridgehead atoms. The van der Waals surface area contributed by atoms with E-state index in [0.717, 1.165) is 42.0 Å². The van der Waals surface area contributed by atoms with E-state index in [0.29, 0.717) is 21.3 Å². The predicted octanol–water partition coefficient (Wildman–Crippen LogP) is 6.36. The minimum atomic E-state index is -4.11. The molecule has 0 spiro atoms. The van der Waals surface area contributed by atoms with Crippen LogP contribution in [-0.2, 0) is 26.2 Å². The number of benzene rings is 3. The molecular weight excluding hydrogens is 581 g/mol. The molecule has 7 nitrogen and oxygen atoms in total. The molecule has 3 aromatic rings. The van der Waals surface area contributed by atoms with Crippen LogP contribution in [-0.4, -0.2) is 43.8 Å². The molecule has 1 saturated carbocycles. The van der Waals surface area contributed by atoms with Crippen LogP contribution in [0, 0.1) is 6.92 Å². The first-order chi connectivity index (χ1) is 19.6. The maximum Gasteiger partial charge on any atom is 0.264 e. The van der Waals surface area contributed by atoms with Gasteiger partial charge in [0.25, 0.3) is 10.0 Å². The molecule has 0 aliphatic heterocycles. The zero-order chi connectivity index (χ0) is 29.6. The summed E-state index contributed by atoms with van der Waals surface area (Å²) in [5.74, 6) is -0.829. The molecule has 1 unspecified atom stereocenters. The van der Waals surface area contributed by atoms with Crippen molar-refractivity contribution in [1.29, 1.82) is 0 Å². The fraction of sp³-hybridized carbons (Fsp3) is 0.355. The Morgan fingerprint density at radius 1 is 0.951 bits per heavy atom. The molecule has 0 aromatic heterocycles. The van der Waals surface area contributed by atoms with Crippen molar-refractivity contribution in [3.8, 4) is 0 Å². The maximum absolute atomic E-state index is 14.1. The molecule has 41 heavy (non-hydrogen) atoms. The predicted molar refractivity (Wildman–Crippen MR) is 164 cm³/mol. The Labute approximate surface area is 252 Å². The van der Waals surface area contributed by atoms with E-state index in [4.69, 9.17) is 23.2 Å². The lowest BCUT2D eigenvalue weighted by Crippen LogP contribution is -2.53. The summed E-state index contributed by atoms with van der Waals surface area (Å²) in [6.07, 6.45) is 5.03. The maximum atomic E-state index is 14.1. The van der Waals surface area contributed by atoms with Gasteiger partial charge in [-0.2, -0.15) is 0 Å². The van der Waals surface area contributed by atoms with E-state index in [2.05, 4.69) is 5.32 Å². The number of amides is 2. The van der Waals surface area contributed by atoms with Gasteiger partial charge in [0.2, 0.25) is 11.8 Å². The number of anilines is 1. The first kappa shape index (κ1) is 30.9. The van der Waals surface area contributed by atoms with Gasteiger partial charge in [0.1, 0.15) is 12.6 Å². The molecule has 4 rings (SSSR count). The highest BCUT2D eigenvalue weighted by molar-refractivity contribution is 7.92. The topological polar surface area (TPSA) is 86.8 Å². The zero-order valence-electron chi connectivity index (χ0n) is 23.2. The molecule has 218 valence electrons. The molecule has 0 radical (unpaired) electrons. The van der Waals surface area contributed by atoms with Crippen LogP contribution < -0.4 is 9.62 Å². The lowest BCUT2D eigenvalue weighted by Gasteiger charge is -2.33. The number of para-hydroxylation sites is 1. The molecule has 1 aliphatic rings. The van der Waals surface area contributed by atoms with Crippen molar-refractivity contribution in [2.45, 2.75) is 69.5 Å². The third-order valence-electron chi connectivity index (χ3n) is 7.41. The summed E-state index contributed by atoms with van der Waals surface area (Å²) < 4.78 is 28.8. The Kier molecular flexibility index (Phi) is 10.3. The summed E-state index contributed by atoms with van der Waals surface area (Å²) in [5.41, 5.74) is 1.84. The number of rotatable bonds is 10. The van der Waals surface area contributed by atoms with E-state index in [9.17, 15) is 18.0 Å². The minimum absolute atomic E-state index is 0.00129. The molecule has 1 N–H and O–H groups in total. The van der Waals surface area contributed by atoms with Crippen LogP contribution in [0.3, 0.4) is 0 Å². The summed E-state index contributed by atoms with van der Waals surface area (Å²) in [7, 11) is -4.11. The van der Waals surface area contributed by atoms with E-state index in [1.807, 2.05) is 6.92 Å². The first-order valence-electron chi connectivity index (χ1n) is 13.7. The van der Waals surface area contributed by atoms with Gasteiger partial charge >= 0.3 is 0 Å². The van der Waals surface area contributed by atoms with Crippen LogP contribution in [0.15, 0.2) is 77.7 Å². The van der Waals surface area contributed by atoms with Gasteiger partial charge in [0.05, 0.1) is 10.6 Å². The molecule has 3 aromatic carbocycles.